The molecule has 0 aliphatic rings. The van der Waals surface area contributed by atoms with Crippen molar-refractivity contribution in [3.05, 3.63) is 71.3 Å². The molecule has 1 heteroatoms. The zero-order valence-electron chi connectivity index (χ0n) is 12.6. The molecule has 0 aliphatic heterocycles. The van der Waals surface area contributed by atoms with Crippen LogP contribution in [0.2, 0.25) is 0 Å². The highest BCUT2D eigenvalue weighted by atomic mass is 79.9. The summed E-state index contributed by atoms with van der Waals surface area (Å²) >= 11 is 3.91. The molecule has 0 fully saturated rings. The molecule has 0 saturated heterocycles. The Kier molecular flexibility index (Phi) is 5.04. The first kappa shape index (κ1) is 15.3. The van der Waals surface area contributed by atoms with Gasteiger partial charge in [-0.2, -0.15) is 0 Å². The maximum Gasteiger partial charge on any atom is 0.0486 e. The molecule has 2 rings (SSSR count). The third-order valence-electron chi connectivity index (χ3n) is 3.96. The van der Waals surface area contributed by atoms with Gasteiger partial charge in [0, 0.05) is 10.2 Å². The summed E-state index contributed by atoms with van der Waals surface area (Å²) in [5.74, 6) is 0. The van der Waals surface area contributed by atoms with Crippen LogP contribution in [-0.4, -0.2) is 0 Å². The molecule has 0 N–H and O–H groups in total. The Hall–Kier alpha value is -1.08. The van der Waals surface area contributed by atoms with Crippen LogP contribution in [0.1, 0.15) is 48.7 Å². The maximum atomic E-state index is 3.91. The summed E-state index contributed by atoms with van der Waals surface area (Å²) in [7, 11) is 0. The lowest BCUT2D eigenvalue weighted by atomic mass is 9.79. The maximum absolute atomic E-state index is 3.91. The van der Waals surface area contributed by atoms with Crippen molar-refractivity contribution in [3.8, 4) is 0 Å². The van der Waals surface area contributed by atoms with Gasteiger partial charge in [-0.1, -0.05) is 97.7 Å². The van der Waals surface area contributed by atoms with E-state index in [4.69, 9.17) is 0 Å². The summed E-state index contributed by atoms with van der Waals surface area (Å²) in [6, 6.07) is 19.7. The fourth-order valence-corrected chi connectivity index (χ4v) is 3.14. The van der Waals surface area contributed by atoms with E-state index in [2.05, 4.69) is 91.3 Å². The van der Waals surface area contributed by atoms with Gasteiger partial charge in [-0.15, -0.1) is 0 Å². The van der Waals surface area contributed by atoms with Gasteiger partial charge in [-0.25, -0.2) is 0 Å². The van der Waals surface area contributed by atoms with E-state index in [1.54, 1.807) is 0 Å². The van der Waals surface area contributed by atoms with Crippen LogP contribution >= 0.6 is 15.9 Å². The third-order valence-corrected chi connectivity index (χ3v) is 5.64. The van der Waals surface area contributed by atoms with E-state index in [1.807, 2.05) is 0 Å². The minimum Gasteiger partial charge on any atom is -0.0829 e. The number of rotatable bonds is 5. The zero-order valence-corrected chi connectivity index (χ0v) is 14.2. The topological polar surface area (TPSA) is 0 Å². The van der Waals surface area contributed by atoms with Crippen LogP contribution in [0.3, 0.4) is 0 Å². The number of aryl methyl sites for hydroxylation is 1. The standard InChI is InChI=1S/C19H23Br/c1-4-8-15-11-13-16(14-12-15)18(20)19(2,3)17-9-6-5-7-10-17/h5-7,9-14,18H,4,8H2,1-3H3. The summed E-state index contributed by atoms with van der Waals surface area (Å²) in [4.78, 5) is 0.313. The molecular formula is C19H23Br. The molecule has 0 aromatic heterocycles. The second-order valence-corrected chi connectivity index (χ2v) is 6.86. The van der Waals surface area contributed by atoms with Crippen molar-refractivity contribution >= 4 is 15.9 Å². The van der Waals surface area contributed by atoms with Crippen LogP contribution in [0.5, 0.6) is 0 Å². The van der Waals surface area contributed by atoms with Crippen molar-refractivity contribution in [1.82, 2.24) is 0 Å². The molecule has 1 atom stereocenters. The molecule has 20 heavy (non-hydrogen) atoms. The molecule has 0 radical (unpaired) electrons. The predicted octanol–water partition coefficient (Wildman–Crippen LogP) is 6.05. The molecule has 0 amide bonds. The molecule has 0 spiro atoms. The van der Waals surface area contributed by atoms with E-state index in [1.165, 1.54) is 23.1 Å². The van der Waals surface area contributed by atoms with Crippen molar-refractivity contribution in [1.29, 1.82) is 0 Å². The first-order chi connectivity index (χ1) is 9.55. The van der Waals surface area contributed by atoms with Gasteiger partial charge in [0.1, 0.15) is 0 Å². The lowest BCUT2D eigenvalue weighted by molar-refractivity contribution is 0.517. The number of halogens is 1. The lowest BCUT2D eigenvalue weighted by Gasteiger charge is -2.31. The Morgan fingerprint density at radius 3 is 2.10 bits per heavy atom. The smallest absolute Gasteiger partial charge is 0.0486 e. The molecule has 106 valence electrons. The average Bonchev–Trinajstić information content (AvgIpc) is 2.48. The molecule has 0 bridgehead atoms. The van der Waals surface area contributed by atoms with E-state index < -0.39 is 0 Å². The van der Waals surface area contributed by atoms with Crippen molar-refractivity contribution in [2.45, 2.75) is 43.9 Å². The van der Waals surface area contributed by atoms with Gasteiger partial charge in [0.25, 0.3) is 0 Å². The summed E-state index contributed by atoms with van der Waals surface area (Å²) in [6.07, 6.45) is 2.36. The molecular weight excluding hydrogens is 308 g/mol. The second kappa shape index (κ2) is 6.58. The Labute approximate surface area is 131 Å². The van der Waals surface area contributed by atoms with Gasteiger partial charge in [0.15, 0.2) is 0 Å². The van der Waals surface area contributed by atoms with Crippen molar-refractivity contribution in [2.24, 2.45) is 0 Å². The number of hydrogen-bond donors (Lipinski definition) is 0. The fourth-order valence-electron chi connectivity index (χ4n) is 2.57. The first-order valence-corrected chi connectivity index (χ1v) is 8.25. The normalized spacial score (nSPS) is 13.2. The van der Waals surface area contributed by atoms with Gasteiger partial charge in [0.05, 0.1) is 0 Å². The summed E-state index contributed by atoms with van der Waals surface area (Å²) in [5, 5.41) is 0. The predicted molar refractivity (Wildman–Crippen MR) is 91.6 cm³/mol. The Balaban J connectivity index is 2.23. The molecule has 0 heterocycles. The molecule has 2 aromatic rings. The molecule has 2 aromatic carbocycles. The zero-order chi connectivity index (χ0) is 14.6. The van der Waals surface area contributed by atoms with E-state index in [-0.39, 0.29) is 5.41 Å². The van der Waals surface area contributed by atoms with Crippen molar-refractivity contribution in [2.75, 3.05) is 0 Å². The van der Waals surface area contributed by atoms with Crippen LogP contribution in [0.25, 0.3) is 0 Å². The molecule has 0 nitrogen and oxygen atoms in total. The monoisotopic (exact) mass is 330 g/mol. The Bertz CT molecular complexity index is 525. The Morgan fingerprint density at radius 1 is 0.950 bits per heavy atom. The van der Waals surface area contributed by atoms with E-state index in [9.17, 15) is 0 Å². The summed E-state index contributed by atoms with van der Waals surface area (Å²) < 4.78 is 0. The summed E-state index contributed by atoms with van der Waals surface area (Å²) in [5.41, 5.74) is 4.19. The molecule has 0 saturated carbocycles. The highest BCUT2D eigenvalue weighted by Gasteiger charge is 2.30. The number of alkyl halides is 1. The SMILES string of the molecule is CCCc1ccc(C(Br)C(C)(C)c2ccccc2)cc1. The molecule has 0 aliphatic carbocycles. The van der Waals surface area contributed by atoms with Crippen LogP contribution in [0.4, 0.5) is 0 Å². The van der Waals surface area contributed by atoms with E-state index >= 15 is 0 Å². The van der Waals surface area contributed by atoms with Crippen molar-refractivity contribution < 1.29 is 0 Å². The Morgan fingerprint density at radius 2 is 1.55 bits per heavy atom. The second-order valence-electron chi connectivity index (χ2n) is 5.94. The van der Waals surface area contributed by atoms with Crippen LogP contribution < -0.4 is 0 Å². The van der Waals surface area contributed by atoms with Gasteiger partial charge < -0.3 is 0 Å². The van der Waals surface area contributed by atoms with Crippen LogP contribution in [-0.2, 0) is 11.8 Å². The highest BCUT2D eigenvalue weighted by molar-refractivity contribution is 9.09. The van der Waals surface area contributed by atoms with Gasteiger partial charge in [0.2, 0.25) is 0 Å². The van der Waals surface area contributed by atoms with Gasteiger partial charge in [-0.3, -0.25) is 0 Å². The van der Waals surface area contributed by atoms with Crippen LogP contribution in [0, 0.1) is 0 Å². The molecule has 1 unspecified atom stereocenters. The minimum absolute atomic E-state index is 0.0630. The van der Waals surface area contributed by atoms with Crippen LogP contribution in [0.15, 0.2) is 54.6 Å². The summed E-state index contributed by atoms with van der Waals surface area (Å²) in [6.45, 7) is 6.81. The number of hydrogen-bond acceptors (Lipinski definition) is 0. The van der Waals surface area contributed by atoms with Gasteiger partial charge in [-0.05, 0) is 23.1 Å². The lowest BCUT2D eigenvalue weighted by Crippen LogP contribution is -2.23. The van der Waals surface area contributed by atoms with Gasteiger partial charge >= 0.3 is 0 Å². The van der Waals surface area contributed by atoms with E-state index in [0.29, 0.717) is 4.83 Å². The average molecular weight is 331 g/mol. The number of benzene rings is 2. The van der Waals surface area contributed by atoms with Crippen molar-refractivity contribution in [3.63, 3.8) is 0 Å². The third kappa shape index (κ3) is 3.32. The quantitative estimate of drug-likeness (QED) is 0.585. The first-order valence-electron chi connectivity index (χ1n) is 7.34. The largest absolute Gasteiger partial charge is 0.0829 e. The minimum atomic E-state index is 0.0630. The highest BCUT2D eigenvalue weighted by Crippen LogP contribution is 2.42. The van der Waals surface area contributed by atoms with E-state index in [0.717, 1.165) is 6.42 Å². The fraction of sp³-hybridized carbons (Fsp3) is 0.368.